The van der Waals surface area contributed by atoms with Gasteiger partial charge in [-0.2, -0.15) is 0 Å². The van der Waals surface area contributed by atoms with E-state index in [9.17, 15) is 4.79 Å². The average Bonchev–Trinajstić information content (AvgIpc) is 2.45. The van der Waals surface area contributed by atoms with Crippen LogP contribution in [-0.4, -0.2) is 37.0 Å². The molecule has 0 bridgehead atoms. The van der Waals surface area contributed by atoms with Gasteiger partial charge in [-0.05, 0) is 38.8 Å². The molecule has 1 N–H and O–H groups in total. The first-order chi connectivity index (χ1) is 9.19. The van der Waals surface area contributed by atoms with E-state index in [0.717, 1.165) is 32.4 Å². The van der Waals surface area contributed by atoms with Crippen LogP contribution in [0.2, 0.25) is 0 Å². The quantitative estimate of drug-likeness (QED) is 0.899. The number of rotatable bonds is 4. The molecule has 1 fully saturated rings. The molecular formula is C16H24N2O. The molecule has 1 aromatic rings. The van der Waals surface area contributed by atoms with Crippen LogP contribution in [0.1, 0.15) is 30.4 Å². The van der Waals surface area contributed by atoms with E-state index in [4.69, 9.17) is 0 Å². The second-order valence-corrected chi connectivity index (χ2v) is 5.43. The third-order valence-electron chi connectivity index (χ3n) is 3.97. The van der Waals surface area contributed by atoms with Gasteiger partial charge in [0.2, 0.25) is 5.91 Å². The van der Waals surface area contributed by atoms with Crippen molar-refractivity contribution in [2.75, 3.05) is 20.1 Å². The number of carbonyl (C=O) groups is 1. The highest BCUT2D eigenvalue weighted by molar-refractivity contribution is 5.76. The maximum Gasteiger partial charge on any atom is 0.222 e. The van der Waals surface area contributed by atoms with Crippen molar-refractivity contribution in [2.24, 2.45) is 0 Å². The highest BCUT2D eigenvalue weighted by Crippen LogP contribution is 2.13. The van der Waals surface area contributed by atoms with Gasteiger partial charge in [0.1, 0.15) is 0 Å². The Hall–Kier alpha value is -1.35. The van der Waals surface area contributed by atoms with E-state index in [0.29, 0.717) is 18.4 Å². The molecule has 0 unspecified atom stereocenters. The first kappa shape index (κ1) is 14.1. The lowest BCUT2D eigenvalue weighted by molar-refractivity contribution is -0.132. The number of aryl methyl sites for hydroxylation is 2. The fourth-order valence-electron chi connectivity index (χ4n) is 2.69. The summed E-state index contributed by atoms with van der Waals surface area (Å²) in [5.74, 6) is 0.302. The molecule has 0 spiro atoms. The minimum Gasteiger partial charge on any atom is -0.343 e. The normalized spacial score (nSPS) is 16.6. The van der Waals surface area contributed by atoms with Gasteiger partial charge in [0.05, 0.1) is 0 Å². The highest BCUT2D eigenvalue weighted by Gasteiger charge is 2.21. The molecule has 1 aliphatic heterocycles. The van der Waals surface area contributed by atoms with Crippen LogP contribution in [0.15, 0.2) is 24.3 Å². The van der Waals surface area contributed by atoms with E-state index < -0.39 is 0 Å². The number of piperidine rings is 1. The third-order valence-corrected chi connectivity index (χ3v) is 3.97. The van der Waals surface area contributed by atoms with Crippen molar-refractivity contribution in [3.05, 3.63) is 35.4 Å². The molecule has 104 valence electrons. The molecule has 19 heavy (non-hydrogen) atoms. The van der Waals surface area contributed by atoms with E-state index in [1.165, 1.54) is 11.1 Å². The van der Waals surface area contributed by atoms with Crippen LogP contribution in [-0.2, 0) is 11.2 Å². The van der Waals surface area contributed by atoms with E-state index in [-0.39, 0.29) is 0 Å². The maximum atomic E-state index is 12.2. The zero-order valence-electron chi connectivity index (χ0n) is 12.0. The number of likely N-dealkylation sites (tertiary alicyclic amines) is 1. The Morgan fingerprint density at radius 2 is 2.11 bits per heavy atom. The molecule has 0 radical (unpaired) electrons. The lowest BCUT2D eigenvalue weighted by Crippen LogP contribution is -2.44. The van der Waals surface area contributed by atoms with E-state index >= 15 is 0 Å². The van der Waals surface area contributed by atoms with Crippen LogP contribution in [0.4, 0.5) is 0 Å². The summed E-state index contributed by atoms with van der Waals surface area (Å²) in [5.41, 5.74) is 2.53. The molecule has 1 saturated heterocycles. The second kappa shape index (κ2) is 6.71. The Morgan fingerprint density at radius 1 is 1.37 bits per heavy atom. The summed E-state index contributed by atoms with van der Waals surface area (Å²) in [6.07, 6.45) is 3.64. The number of nitrogens with zero attached hydrogens (tertiary/aromatic N) is 1. The number of hydrogen-bond acceptors (Lipinski definition) is 2. The van der Waals surface area contributed by atoms with Crippen LogP contribution in [0.3, 0.4) is 0 Å². The minimum absolute atomic E-state index is 0.302. The molecule has 0 aromatic heterocycles. The molecule has 1 aromatic carbocycles. The monoisotopic (exact) mass is 260 g/mol. The summed E-state index contributed by atoms with van der Waals surface area (Å²) in [5, 5.41) is 3.29. The van der Waals surface area contributed by atoms with Crippen molar-refractivity contribution < 1.29 is 4.79 Å². The summed E-state index contributed by atoms with van der Waals surface area (Å²) in [4.78, 5) is 14.2. The van der Waals surface area contributed by atoms with Crippen molar-refractivity contribution in [2.45, 2.75) is 38.6 Å². The second-order valence-electron chi connectivity index (χ2n) is 5.43. The van der Waals surface area contributed by atoms with E-state index in [2.05, 4.69) is 36.5 Å². The Balaban J connectivity index is 1.79. The molecule has 1 amide bonds. The molecule has 0 saturated carbocycles. The molecule has 3 nitrogen and oxygen atoms in total. The van der Waals surface area contributed by atoms with Gasteiger partial charge in [-0.3, -0.25) is 4.79 Å². The van der Waals surface area contributed by atoms with Gasteiger partial charge >= 0.3 is 0 Å². The van der Waals surface area contributed by atoms with Crippen molar-refractivity contribution in [3.8, 4) is 0 Å². The summed E-state index contributed by atoms with van der Waals surface area (Å²) >= 11 is 0. The summed E-state index contributed by atoms with van der Waals surface area (Å²) in [6, 6.07) is 9.01. The lowest BCUT2D eigenvalue weighted by Gasteiger charge is -2.31. The van der Waals surface area contributed by atoms with Gasteiger partial charge in [-0.25, -0.2) is 0 Å². The number of carbonyl (C=O) groups excluding carboxylic acids is 1. The number of hydrogen-bond donors (Lipinski definition) is 1. The van der Waals surface area contributed by atoms with Crippen molar-refractivity contribution in [3.63, 3.8) is 0 Å². The molecule has 1 heterocycles. The minimum atomic E-state index is 0.302. The average molecular weight is 260 g/mol. The largest absolute Gasteiger partial charge is 0.343 e. The van der Waals surface area contributed by atoms with Crippen LogP contribution < -0.4 is 5.32 Å². The van der Waals surface area contributed by atoms with Gasteiger partial charge in [0.15, 0.2) is 0 Å². The standard InChI is InChI=1S/C16H24N2O/c1-13-4-3-5-14(12-13)6-7-16(19)18-10-8-15(17-2)9-11-18/h3-5,12,15,17H,6-11H2,1-2H3. The molecule has 0 aliphatic carbocycles. The van der Waals surface area contributed by atoms with E-state index in [1.54, 1.807) is 0 Å². The van der Waals surface area contributed by atoms with Crippen LogP contribution >= 0.6 is 0 Å². The van der Waals surface area contributed by atoms with Crippen molar-refractivity contribution in [1.82, 2.24) is 10.2 Å². The molecule has 2 rings (SSSR count). The van der Waals surface area contributed by atoms with Crippen LogP contribution in [0.25, 0.3) is 0 Å². The molecule has 0 atom stereocenters. The van der Waals surface area contributed by atoms with Gasteiger partial charge < -0.3 is 10.2 Å². The van der Waals surface area contributed by atoms with Gasteiger partial charge in [0.25, 0.3) is 0 Å². The fraction of sp³-hybridized carbons (Fsp3) is 0.562. The fourth-order valence-corrected chi connectivity index (χ4v) is 2.69. The number of amides is 1. The lowest BCUT2D eigenvalue weighted by atomic mass is 10.0. The van der Waals surface area contributed by atoms with Crippen LogP contribution in [0, 0.1) is 6.92 Å². The summed E-state index contributed by atoms with van der Waals surface area (Å²) in [7, 11) is 2.00. The Morgan fingerprint density at radius 3 is 2.74 bits per heavy atom. The predicted octanol–water partition coefficient (Wildman–Crippen LogP) is 2.14. The van der Waals surface area contributed by atoms with Gasteiger partial charge in [0, 0.05) is 25.6 Å². The smallest absolute Gasteiger partial charge is 0.222 e. The third kappa shape index (κ3) is 4.06. The predicted molar refractivity (Wildman–Crippen MR) is 78.2 cm³/mol. The number of benzene rings is 1. The first-order valence-corrected chi connectivity index (χ1v) is 7.19. The molecule has 3 heteroatoms. The topological polar surface area (TPSA) is 32.3 Å². The zero-order valence-corrected chi connectivity index (χ0v) is 12.0. The Labute approximate surface area is 116 Å². The Kier molecular flexibility index (Phi) is 4.97. The maximum absolute atomic E-state index is 12.2. The first-order valence-electron chi connectivity index (χ1n) is 7.19. The Bertz CT molecular complexity index is 423. The molecule has 1 aliphatic rings. The summed E-state index contributed by atoms with van der Waals surface area (Å²) in [6.45, 7) is 3.89. The SMILES string of the molecule is CNC1CCN(C(=O)CCc2cccc(C)c2)CC1. The van der Waals surface area contributed by atoms with Crippen LogP contribution in [0.5, 0.6) is 0 Å². The molecular weight excluding hydrogens is 236 g/mol. The van der Waals surface area contributed by atoms with Gasteiger partial charge in [-0.15, -0.1) is 0 Å². The van der Waals surface area contributed by atoms with E-state index in [1.807, 2.05) is 11.9 Å². The zero-order chi connectivity index (χ0) is 13.7. The van der Waals surface area contributed by atoms with Crippen molar-refractivity contribution in [1.29, 1.82) is 0 Å². The number of nitrogens with one attached hydrogen (secondary N) is 1. The van der Waals surface area contributed by atoms with Crippen molar-refractivity contribution >= 4 is 5.91 Å². The highest BCUT2D eigenvalue weighted by atomic mass is 16.2. The van der Waals surface area contributed by atoms with Gasteiger partial charge in [-0.1, -0.05) is 29.8 Å². The summed E-state index contributed by atoms with van der Waals surface area (Å²) < 4.78 is 0.